The Morgan fingerprint density at radius 3 is 2.93 bits per heavy atom. The Balaban J connectivity index is 2.01. The molecule has 1 aromatic heterocycles. The molecule has 2 rings (SSSR count). The van der Waals surface area contributed by atoms with Gasteiger partial charge in [0.25, 0.3) is 0 Å². The maximum absolute atomic E-state index is 11.1. The van der Waals surface area contributed by atoms with Crippen LogP contribution in [0.5, 0.6) is 0 Å². The number of hydrogen-bond acceptors (Lipinski definition) is 4. The summed E-state index contributed by atoms with van der Waals surface area (Å²) in [7, 11) is -3.12. The molecular weight excluding hydrogens is 204 g/mol. The first-order chi connectivity index (χ1) is 6.55. The predicted molar refractivity (Wildman–Crippen MR) is 49.7 cm³/mol. The van der Waals surface area contributed by atoms with Gasteiger partial charge in [0.15, 0.2) is 9.84 Å². The molecular formula is C8H12N2O3S. The molecule has 1 aliphatic heterocycles. The predicted octanol–water partition coefficient (Wildman–Crippen LogP) is 0.0755. The van der Waals surface area contributed by atoms with Crippen molar-refractivity contribution in [1.29, 1.82) is 0 Å². The van der Waals surface area contributed by atoms with Crippen LogP contribution < -0.4 is 0 Å². The van der Waals surface area contributed by atoms with Gasteiger partial charge in [-0.05, 0) is 6.42 Å². The van der Waals surface area contributed by atoms with Crippen LogP contribution in [0.25, 0.3) is 0 Å². The molecule has 0 radical (unpaired) electrons. The first-order valence-electron chi connectivity index (χ1n) is 4.40. The number of aryl methyl sites for hydroxylation is 1. The lowest BCUT2D eigenvalue weighted by molar-refractivity contribution is 0.380. The summed E-state index contributed by atoms with van der Waals surface area (Å²) >= 11 is 0. The van der Waals surface area contributed by atoms with Gasteiger partial charge < -0.3 is 4.74 Å². The Morgan fingerprint density at radius 2 is 2.43 bits per heavy atom. The topological polar surface area (TPSA) is 64.5 Å². The molecule has 0 bridgehead atoms. The van der Waals surface area contributed by atoms with Crippen LogP contribution in [0.3, 0.4) is 0 Å². The van der Waals surface area contributed by atoms with E-state index in [1.54, 1.807) is 10.9 Å². The third-order valence-corrected chi connectivity index (χ3v) is 3.19. The van der Waals surface area contributed by atoms with Crippen LogP contribution in [0.15, 0.2) is 17.3 Å². The molecule has 1 aliphatic rings. The summed E-state index contributed by atoms with van der Waals surface area (Å²) in [5.74, 6) is 0. The number of ether oxygens (including phenoxy) is 1. The number of epoxide rings is 1. The molecule has 78 valence electrons. The van der Waals surface area contributed by atoms with Crippen LogP contribution in [0.4, 0.5) is 0 Å². The van der Waals surface area contributed by atoms with Gasteiger partial charge in [0.1, 0.15) is 4.90 Å². The van der Waals surface area contributed by atoms with Crippen LogP contribution in [0.1, 0.15) is 6.42 Å². The van der Waals surface area contributed by atoms with Crippen molar-refractivity contribution in [3.05, 3.63) is 12.4 Å². The highest BCUT2D eigenvalue weighted by atomic mass is 32.2. The van der Waals surface area contributed by atoms with Crippen LogP contribution in [0, 0.1) is 0 Å². The Morgan fingerprint density at radius 1 is 1.71 bits per heavy atom. The number of sulfone groups is 1. The fourth-order valence-electron chi connectivity index (χ4n) is 1.17. The van der Waals surface area contributed by atoms with E-state index in [1.807, 2.05) is 0 Å². The minimum atomic E-state index is -3.12. The molecule has 1 aromatic rings. The molecule has 0 saturated carbocycles. The summed E-state index contributed by atoms with van der Waals surface area (Å²) < 4.78 is 28.9. The number of nitrogens with zero attached hydrogens (tertiary/aromatic N) is 2. The molecule has 0 amide bonds. The van der Waals surface area contributed by atoms with Crippen LogP contribution >= 0.6 is 0 Å². The van der Waals surface area contributed by atoms with Crippen LogP contribution in [-0.2, 0) is 21.1 Å². The third kappa shape index (κ3) is 2.33. The highest BCUT2D eigenvalue weighted by Crippen LogP contribution is 2.14. The fourth-order valence-corrected chi connectivity index (χ4v) is 1.72. The van der Waals surface area contributed by atoms with Crippen LogP contribution in [0.2, 0.25) is 0 Å². The summed E-state index contributed by atoms with van der Waals surface area (Å²) in [5.41, 5.74) is 0. The lowest BCUT2D eigenvalue weighted by atomic mass is 10.3. The standard InChI is InChI=1S/C8H12N2O3S/c1-14(11,12)8-4-9-10(5-8)3-2-7-6-13-7/h4-5,7H,2-3,6H2,1H3. The summed E-state index contributed by atoms with van der Waals surface area (Å²) in [6.07, 6.45) is 5.35. The van der Waals surface area contributed by atoms with Crippen molar-refractivity contribution in [1.82, 2.24) is 9.78 Å². The normalized spacial score (nSPS) is 21.1. The zero-order valence-corrected chi connectivity index (χ0v) is 8.70. The molecule has 0 spiro atoms. The van der Waals surface area contributed by atoms with Gasteiger partial charge in [0.05, 0.1) is 18.9 Å². The minimum absolute atomic E-state index is 0.272. The molecule has 1 unspecified atom stereocenters. The molecule has 2 heterocycles. The largest absolute Gasteiger partial charge is 0.373 e. The van der Waals surface area contributed by atoms with E-state index in [-0.39, 0.29) is 4.90 Å². The van der Waals surface area contributed by atoms with Gasteiger partial charge in [0, 0.05) is 19.0 Å². The van der Waals surface area contributed by atoms with Crippen molar-refractivity contribution in [2.24, 2.45) is 0 Å². The van der Waals surface area contributed by atoms with Gasteiger partial charge in [-0.2, -0.15) is 5.10 Å². The summed E-state index contributed by atoms with van der Waals surface area (Å²) in [4.78, 5) is 0.272. The van der Waals surface area contributed by atoms with Crippen molar-refractivity contribution < 1.29 is 13.2 Å². The summed E-state index contributed by atoms with van der Waals surface area (Å²) in [6, 6.07) is 0. The van der Waals surface area contributed by atoms with Gasteiger partial charge in [-0.3, -0.25) is 4.68 Å². The minimum Gasteiger partial charge on any atom is -0.373 e. The van der Waals surface area contributed by atoms with E-state index < -0.39 is 9.84 Å². The Bertz CT molecular complexity index is 420. The molecule has 1 fully saturated rings. The van der Waals surface area contributed by atoms with E-state index in [4.69, 9.17) is 4.74 Å². The average molecular weight is 216 g/mol. The lowest BCUT2D eigenvalue weighted by Crippen LogP contribution is -2.01. The molecule has 0 aromatic carbocycles. The van der Waals surface area contributed by atoms with E-state index in [1.165, 1.54) is 12.5 Å². The summed E-state index contributed by atoms with van der Waals surface area (Å²) in [6.45, 7) is 1.53. The quantitative estimate of drug-likeness (QED) is 0.668. The Kier molecular flexibility index (Phi) is 2.32. The highest BCUT2D eigenvalue weighted by Gasteiger charge is 2.22. The lowest BCUT2D eigenvalue weighted by Gasteiger charge is -1.96. The second kappa shape index (κ2) is 3.36. The Hall–Kier alpha value is -0.880. The van der Waals surface area contributed by atoms with E-state index >= 15 is 0 Å². The molecule has 0 N–H and O–H groups in total. The molecule has 1 atom stereocenters. The van der Waals surface area contributed by atoms with E-state index in [0.29, 0.717) is 12.6 Å². The molecule has 1 saturated heterocycles. The molecule has 5 nitrogen and oxygen atoms in total. The zero-order valence-electron chi connectivity index (χ0n) is 7.88. The van der Waals surface area contributed by atoms with Crippen molar-refractivity contribution in [2.75, 3.05) is 12.9 Å². The van der Waals surface area contributed by atoms with Gasteiger partial charge in [-0.25, -0.2) is 8.42 Å². The van der Waals surface area contributed by atoms with Gasteiger partial charge in [0.2, 0.25) is 0 Å². The SMILES string of the molecule is CS(=O)(=O)c1cnn(CCC2CO2)c1. The summed E-state index contributed by atoms with van der Waals surface area (Å²) in [5, 5.41) is 3.96. The van der Waals surface area contributed by atoms with Gasteiger partial charge in [-0.1, -0.05) is 0 Å². The van der Waals surface area contributed by atoms with Gasteiger partial charge >= 0.3 is 0 Å². The maximum atomic E-state index is 11.1. The fraction of sp³-hybridized carbons (Fsp3) is 0.625. The number of aromatic nitrogens is 2. The molecule has 14 heavy (non-hydrogen) atoms. The van der Waals surface area contributed by atoms with Crippen molar-refractivity contribution in [3.63, 3.8) is 0 Å². The first-order valence-corrected chi connectivity index (χ1v) is 6.29. The zero-order chi connectivity index (χ0) is 10.2. The third-order valence-electron chi connectivity index (χ3n) is 2.12. The average Bonchev–Trinajstić information content (AvgIpc) is 2.77. The Labute approximate surface area is 82.6 Å². The second-order valence-corrected chi connectivity index (χ2v) is 5.47. The number of rotatable bonds is 4. The van der Waals surface area contributed by atoms with Crippen molar-refractivity contribution >= 4 is 9.84 Å². The van der Waals surface area contributed by atoms with Gasteiger partial charge in [-0.15, -0.1) is 0 Å². The van der Waals surface area contributed by atoms with E-state index in [2.05, 4.69) is 5.10 Å². The maximum Gasteiger partial charge on any atom is 0.178 e. The first kappa shape index (κ1) is 9.67. The smallest absolute Gasteiger partial charge is 0.178 e. The van der Waals surface area contributed by atoms with Crippen LogP contribution in [-0.4, -0.2) is 37.2 Å². The second-order valence-electron chi connectivity index (χ2n) is 3.46. The van der Waals surface area contributed by atoms with E-state index in [9.17, 15) is 8.42 Å². The number of hydrogen-bond donors (Lipinski definition) is 0. The molecule has 0 aliphatic carbocycles. The highest BCUT2D eigenvalue weighted by molar-refractivity contribution is 7.90. The van der Waals surface area contributed by atoms with E-state index in [0.717, 1.165) is 13.0 Å². The molecule has 6 heteroatoms. The van der Waals surface area contributed by atoms with Crippen molar-refractivity contribution in [2.45, 2.75) is 24.0 Å². The monoisotopic (exact) mass is 216 g/mol. The van der Waals surface area contributed by atoms with Crippen molar-refractivity contribution in [3.8, 4) is 0 Å².